The monoisotopic (exact) mass is 453 g/mol. The minimum absolute atomic E-state index is 0.0342. The van der Waals surface area contributed by atoms with Crippen molar-refractivity contribution >= 4 is 40.7 Å². The molecular formula is C19H18ClF2N5O2S. The van der Waals surface area contributed by atoms with Gasteiger partial charge in [0.25, 0.3) is 11.8 Å². The molecule has 0 saturated heterocycles. The minimum Gasteiger partial charge on any atom is -0.399 e. The summed E-state index contributed by atoms with van der Waals surface area (Å²) in [6, 6.07) is 3.51. The van der Waals surface area contributed by atoms with Crippen molar-refractivity contribution in [2.24, 2.45) is 11.1 Å². The highest BCUT2D eigenvalue weighted by Gasteiger charge is 2.56. The topological polar surface area (TPSA) is 72.6 Å². The molecule has 30 heavy (non-hydrogen) atoms. The smallest absolute Gasteiger partial charge is 0.277 e. The zero-order chi connectivity index (χ0) is 21.7. The van der Waals surface area contributed by atoms with Crippen LogP contribution in [-0.4, -0.2) is 57.5 Å². The van der Waals surface area contributed by atoms with Crippen molar-refractivity contribution in [3.05, 3.63) is 35.9 Å². The second kappa shape index (κ2) is 9.45. The fraction of sp³-hybridized carbons (Fsp3) is 0.368. The number of thioether (sulfide) groups is 1. The van der Waals surface area contributed by atoms with Crippen LogP contribution in [-0.2, 0) is 9.63 Å². The Kier molecular flexibility index (Phi) is 6.95. The van der Waals surface area contributed by atoms with Crippen LogP contribution >= 0.6 is 23.4 Å². The number of anilines is 1. The SMILES string of the molecule is C#CCN(C(=O)/C(CSCC1CC1(F)F)=N/OC)c1cn(-c2cccnc2)nc1Cl. The summed E-state index contributed by atoms with van der Waals surface area (Å²) >= 11 is 7.45. The van der Waals surface area contributed by atoms with E-state index in [1.54, 1.807) is 30.7 Å². The molecule has 2 aromatic heterocycles. The van der Waals surface area contributed by atoms with E-state index in [1.165, 1.54) is 28.5 Å². The highest BCUT2D eigenvalue weighted by Crippen LogP contribution is 2.50. The van der Waals surface area contributed by atoms with Gasteiger partial charge in [0, 0.05) is 30.0 Å². The first-order chi connectivity index (χ1) is 14.4. The van der Waals surface area contributed by atoms with E-state index in [1.807, 2.05) is 0 Å². The molecular weight excluding hydrogens is 436 g/mol. The van der Waals surface area contributed by atoms with Crippen LogP contribution < -0.4 is 4.90 Å². The number of carbonyl (C=O) groups excluding carboxylic acids is 1. The Bertz CT molecular complexity index is 977. The van der Waals surface area contributed by atoms with Crippen LogP contribution in [0, 0.1) is 18.3 Å². The van der Waals surface area contributed by atoms with Crippen molar-refractivity contribution in [3.8, 4) is 18.0 Å². The van der Waals surface area contributed by atoms with Gasteiger partial charge >= 0.3 is 0 Å². The van der Waals surface area contributed by atoms with Crippen molar-refractivity contribution in [1.29, 1.82) is 0 Å². The Morgan fingerprint density at radius 1 is 1.60 bits per heavy atom. The van der Waals surface area contributed by atoms with Gasteiger partial charge in [0.15, 0.2) is 10.9 Å². The zero-order valence-electron chi connectivity index (χ0n) is 16.0. The summed E-state index contributed by atoms with van der Waals surface area (Å²) in [7, 11) is 1.30. The molecule has 0 aromatic carbocycles. The lowest BCUT2D eigenvalue weighted by Gasteiger charge is -2.19. The van der Waals surface area contributed by atoms with Gasteiger partial charge in [-0.2, -0.15) is 16.9 Å². The van der Waals surface area contributed by atoms with Gasteiger partial charge in [0.2, 0.25) is 0 Å². The first-order valence-electron chi connectivity index (χ1n) is 8.84. The van der Waals surface area contributed by atoms with Gasteiger partial charge < -0.3 is 4.84 Å². The Balaban J connectivity index is 1.78. The average molecular weight is 454 g/mol. The number of aromatic nitrogens is 3. The molecule has 0 bridgehead atoms. The van der Waals surface area contributed by atoms with Crippen molar-refractivity contribution in [1.82, 2.24) is 14.8 Å². The second-order valence-electron chi connectivity index (χ2n) is 6.45. The maximum Gasteiger partial charge on any atom is 0.277 e. The van der Waals surface area contributed by atoms with Crippen molar-refractivity contribution in [2.75, 3.05) is 30.1 Å². The molecule has 1 atom stereocenters. The maximum absolute atomic E-state index is 13.1. The predicted octanol–water partition coefficient (Wildman–Crippen LogP) is 3.28. The van der Waals surface area contributed by atoms with Crippen molar-refractivity contribution < 1.29 is 18.4 Å². The normalized spacial score (nSPS) is 17.3. The Morgan fingerprint density at radius 2 is 2.37 bits per heavy atom. The number of hydrogen-bond donors (Lipinski definition) is 0. The molecule has 0 spiro atoms. The molecule has 0 radical (unpaired) electrons. The van der Waals surface area contributed by atoms with Gasteiger partial charge in [-0.1, -0.05) is 22.7 Å². The molecule has 1 fully saturated rings. The van der Waals surface area contributed by atoms with Gasteiger partial charge in [-0.3, -0.25) is 14.7 Å². The van der Waals surface area contributed by atoms with Gasteiger partial charge in [0.1, 0.15) is 12.8 Å². The van der Waals surface area contributed by atoms with Crippen molar-refractivity contribution in [2.45, 2.75) is 12.3 Å². The number of halogens is 3. The third kappa shape index (κ3) is 5.09. The van der Waals surface area contributed by atoms with E-state index in [2.05, 4.69) is 21.2 Å². The molecule has 1 amide bonds. The van der Waals surface area contributed by atoms with E-state index in [0.717, 1.165) is 0 Å². The number of oxime groups is 1. The zero-order valence-corrected chi connectivity index (χ0v) is 17.5. The molecule has 1 saturated carbocycles. The van der Waals surface area contributed by atoms with Gasteiger partial charge in [-0.25, -0.2) is 13.5 Å². The summed E-state index contributed by atoms with van der Waals surface area (Å²) in [6.07, 6.45) is 10.1. The summed E-state index contributed by atoms with van der Waals surface area (Å²) in [5.41, 5.74) is 0.961. The first-order valence-corrected chi connectivity index (χ1v) is 10.4. The summed E-state index contributed by atoms with van der Waals surface area (Å²) in [6.45, 7) is -0.0919. The summed E-state index contributed by atoms with van der Waals surface area (Å²) in [4.78, 5) is 23.1. The van der Waals surface area contributed by atoms with Crippen molar-refractivity contribution in [3.63, 3.8) is 0 Å². The summed E-state index contributed by atoms with van der Waals surface area (Å²) < 4.78 is 27.6. The van der Waals surface area contributed by atoms with Gasteiger partial charge in [-0.05, 0) is 12.1 Å². The number of hydrogen-bond acceptors (Lipinski definition) is 6. The molecule has 11 heteroatoms. The predicted molar refractivity (Wildman–Crippen MR) is 112 cm³/mol. The van der Waals surface area contributed by atoms with Crippen LogP contribution in [0.15, 0.2) is 35.9 Å². The highest BCUT2D eigenvalue weighted by atomic mass is 35.5. The van der Waals surface area contributed by atoms with Crippen LogP contribution in [0.1, 0.15) is 6.42 Å². The lowest BCUT2D eigenvalue weighted by Crippen LogP contribution is -2.38. The number of nitrogens with zero attached hydrogens (tertiary/aromatic N) is 5. The highest BCUT2D eigenvalue weighted by molar-refractivity contribution is 8.00. The van der Waals surface area contributed by atoms with E-state index in [-0.39, 0.29) is 41.0 Å². The van der Waals surface area contributed by atoms with Crippen LogP contribution in [0.5, 0.6) is 0 Å². The molecule has 0 N–H and O–H groups in total. The maximum atomic E-state index is 13.1. The average Bonchev–Trinajstić information content (AvgIpc) is 3.15. The van der Waals surface area contributed by atoms with E-state index in [9.17, 15) is 13.6 Å². The number of carbonyl (C=O) groups is 1. The largest absolute Gasteiger partial charge is 0.399 e. The minimum atomic E-state index is -2.61. The summed E-state index contributed by atoms with van der Waals surface area (Å²) in [5.74, 6) is -1.10. The van der Waals surface area contributed by atoms with Crippen LogP contribution in [0.25, 0.3) is 5.69 Å². The number of alkyl halides is 2. The number of pyridine rings is 1. The molecule has 158 valence electrons. The first kappa shape index (κ1) is 22.1. The molecule has 1 aliphatic carbocycles. The molecule has 2 heterocycles. The Morgan fingerprint density at radius 3 is 2.97 bits per heavy atom. The fourth-order valence-electron chi connectivity index (χ4n) is 2.65. The van der Waals surface area contributed by atoms with E-state index < -0.39 is 17.7 Å². The van der Waals surface area contributed by atoms with E-state index in [0.29, 0.717) is 5.69 Å². The van der Waals surface area contributed by atoms with E-state index in [4.69, 9.17) is 22.9 Å². The Labute approximate surface area is 181 Å². The summed E-state index contributed by atoms with van der Waals surface area (Å²) in [5, 5.41) is 8.03. The van der Waals surface area contributed by atoms with Gasteiger partial charge in [-0.15, -0.1) is 6.42 Å². The molecule has 1 unspecified atom stereocenters. The Hall–Kier alpha value is -2.64. The molecule has 7 nitrogen and oxygen atoms in total. The number of rotatable bonds is 9. The fourth-order valence-corrected chi connectivity index (χ4v) is 4.01. The van der Waals surface area contributed by atoms with Crippen LogP contribution in [0.2, 0.25) is 5.15 Å². The number of terminal acetylenes is 1. The molecule has 3 rings (SSSR count). The quantitative estimate of drug-likeness (QED) is 0.331. The molecule has 0 aliphatic heterocycles. The van der Waals surface area contributed by atoms with Crippen LogP contribution in [0.4, 0.5) is 14.5 Å². The van der Waals surface area contributed by atoms with Crippen LogP contribution in [0.3, 0.4) is 0 Å². The number of amides is 1. The lowest BCUT2D eigenvalue weighted by atomic mass is 10.3. The van der Waals surface area contributed by atoms with E-state index >= 15 is 0 Å². The van der Waals surface area contributed by atoms with Gasteiger partial charge in [0.05, 0.1) is 24.6 Å². The lowest BCUT2D eigenvalue weighted by molar-refractivity contribution is -0.112. The molecule has 1 aliphatic rings. The third-order valence-electron chi connectivity index (χ3n) is 4.31. The standard InChI is InChI=1S/C19H18ClF2N5O2S/c1-3-7-26(16-10-27(24-17(16)20)14-5-4-6-23-9-14)18(28)15(25-29-2)12-30-11-13-8-19(13,21)22/h1,4-6,9-10,13H,7-8,11-12H2,2H3/b25-15+. The molecule has 2 aromatic rings. The second-order valence-corrected chi connectivity index (χ2v) is 7.84. The third-order valence-corrected chi connectivity index (χ3v) is 5.69.